The number of amides is 2. The number of nitrogens with one attached hydrogen (secondary N) is 2. The molecule has 2 amide bonds. The van der Waals surface area contributed by atoms with Crippen LogP contribution in [0.2, 0.25) is 0 Å². The van der Waals surface area contributed by atoms with Gasteiger partial charge in [-0.25, -0.2) is 14.2 Å². The molecule has 0 bridgehead atoms. The van der Waals surface area contributed by atoms with E-state index < -0.39 is 5.91 Å². The Balaban J connectivity index is 1.97. The Morgan fingerprint density at radius 2 is 1.96 bits per heavy atom. The average molecular weight is 342 g/mol. The molecule has 0 aliphatic heterocycles. The lowest BCUT2D eigenvalue weighted by Gasteiger charge is -2.07. The quantitative estimate of drug-likeness (QED) is 0.715. The van der Waals surface area contributed by atoms with Crippen LogP contribution >= 0.6 is 0 Å². The van der Waals surface area contributed by atoms with Crippen molar-refractivity contribution in [3.63, 3.8) is 0 Å². The van der Waals surface area contributed by atoms with Crippen LogP contribution in [0.5, 0.6) is 0 Å². The van der Waals surface area contributed by atoms with Gasteiger partial charge in [-0.05, 0) is 26.8 Å². The number of aryl methyl sites for hydroxylation is 3. The van der Waals surface area contributed by atoms with E-state index in [2.05, 4.69) is 30.8 Å². The molecule has 130 valence electrons. The number of hydrogen-bond donors (Lipinski definition) is 2. The molecule has 0 atom stereocenters. The van der Waals surface area contributed by atoms with Crippen molar-refractivity contribution >= 4 is 23.4 Å². The first-order valence-electron chi connectivity index (χ1n) is 7.74. The Morgan fingerprint density at radius 3 is 2.64 bits per heavy atom. The predicted octanol–water partition coefficient (Wildman–Crippen LogP) is 0.569. The van der Waals surface area contributed by atoms with Gasteiger partial charge in [-0.1, -0.05) is 0 Å². The van der Waals surface area contributed by atoms with Crippen LogP contribution in [0.1, 0.15) is 39.3 Å². The number of carbonyl (C=O) groups is 2. The van der Waals surface area contributed by atoms with Gasteiger partial charge in [0, 0.05) is 25.0 Å². The standard InChI is InChI=1S/C15H18N8O2/c1-5-22-12(10(7-17-22)13(24)16-4)20-14(25)11-19-15-18-8(2)6-9(3)23(15)21-11/h6-7H,5H2,1-4H3,(H,16,24)(H,20,25). The fourth-order valence-corrected chi connectivity index (χ4v) is 2.48. The molecule has 0 fully saturated rings. The van der Waals surface area contributed by atoms with E-state index in [9.17, 15) is 9.59 Å². The van der Waals surface area contributed by atoms with Crippen LogP contribution in [-0.2, 0) is 6.54 Å². The molecule has 3 rings (SSSR count). The Labute approximate surface area is 143 Å². The summed E-state index contributed by atoms with van der Waals surface area (Å²) in [5.74, 6) is -0.272. The third-order valence-corrected chi connectivity index (χ3v) is 3.66. The second kappa shape index (κ2) is 6.30. The maximum absolute atomic E-state index is 12.6. The highest BCUT2D eigenvalue weighted by Gasteiger charge is 2.21. The van der Waals surface area contributed by atoms with E-state index in [4.69, 9.17) is 0 Å². The van der Waals surface area contributed by atoms with E-state index in [1.54, 1.807) is 0 Å². The summed E-state index contributed by atoms with van der Waals surface area (Å²) < 4.78 is 3.02. The van der Waals surface area contributed by atoms with Crippen molar-refractivity contribution in [3.8, 4) is 0 Å². The molecule has 10 nitrogen and oxygen atoms in total. The van der Waals surface area contributed by atoms with E-state index in [1.807, 2.05) is 26.8 Å². The number of nitrogens with zero attached hydrogens (tertiary/aromatic N) is 6. The van der Waals surface area contributed by atoms with Gasteiger partial charge in [0.05, 0.1) is 6.20 Å². The molecule has 0 unspecified atom stereocenters. The lowest BCUT2D eigenvalue weighted by atomic mass is 10.3. The van der Waals surface area contributed by atoms with Gasteiger partial charge in [0.2, 0.25) is 5.82 Å². The number of hydrogen-bond acceptors (Lipinski definition) is 6. The van der Waals surface area contributed by atoms with Crippen molar-refractivity contribution in [2.24, 2.45) is 0 Å². The van der Waals surface area contributed by atoms with Crippen molar-refractivity contribution in [2.75, 3.05) is 12.4 Å². The van der Waals surface area contributed by atoms with E-state index in [1.165, 1.54) is 22.4 Å². The molecule has 3 heterocycles. The molecule has 0 aromatic carbocycles. The molecule has 0 saturated carbocycles. The van der Waals surface area contributed by atoms with Gasteiger partial charge in [0.15, 0.2) is 0 Å². The highest BCUT2D eigenvalue weighted by Crippen LogP contribution is 2.16. The van der Waals surface area contributed by atoms with Crippen LogP contribution in [0.15, 0.2) is 12.3 Å². The topological polar surface area (TPSA) is 119 Å². The molecular formula is C15H18N8O2. The highest BCUT2D eigenvalue weighted by atomic mass is 16.2. The normalized spacial score (nSPS) is 10.9. The summed E-state index contributed by atoms with van der Waals surface area (Å²) >= 11 is 0. The second-order valence-electron chi connectivity index (χ2n) is 5.44. The molecule has 3 aromatic heterocycles. The van der Waals surface area contributed by atoms with E-state index in [0.29, 0.717) is 18.1 Å². The predicted molar refractivity (Wildman–Crippen MR) is 89.5 cm³/mol. The Bertz CT molecular complexity index is 971. The molecule has 0 aliphatic carbocycles. The molecule has 3 aromatic rings. The zero-order chi connectivity index (χ0) is 18.1. The zero-order valence-corrected chi connectivity index (χ0v) is 14.4. The minimum atomic E-state index is -0.539. The minimum Gasteiger partial charge on any atom is -0.355 e. The lowest BCUT2D eigenvalue weighted by Crippen LogP contribution is -2.22. The number of aromatic nitrogens is 6. The van der Waals surface area contributed by atoms with Gasteiger partial charge in [-0.2, -0.15) is 10.1 Å². The van der Waals surface area contributed by atoms with Crippen LogP contribution in [0, 0.1) is 13.8 Å². The first-order valence-corrected chi connectivity index (χ1v) is 7.74. The largest absolute Gasteiger partial charge is 0.355 e. The summed E-state index contributed by atoms with van der Waals surface area (Å²) in [6, 6.07) is 1.85. The summed E-state index contributed by atoms with van der Waals surface area (Å²) in [6.45, 7) is 6.05. The number of anilines is 1. The lowest BCUT2D eigenvalue weighted by molar-refractivity contribution is 0.0964. The van der Waals surface area contributed by atoms with Crippen molar-refractivity contribution in [3.05, 3.63) is 35.0 Å². The zero-order valence-electron chi connectivity index (χ0n) is 14.4. The van der Waals surface area contributed by atoms with Crippen LogP contribution < -0.4 is 10.6 Å². The van der Waals surface area contributed by atoms with E-state index in [-0.39, 0.29) is 17.3 Å². The fraction of sp³-hybridized carbons (Fsp3) is 0.333. The Morgan fingerprint density at radius 1 is 1.20 bits per heavy atom. The summed E-state index contributed by atoms with van der Waals surface area (Å²) in [6.07, 6.45) is 1.41. The van der Waals surface area contributed by atoms with Crippen molar-refractivity contribution in [1.29, 1.82) is 0 Å². The summed E-state index contributed by atoms with van der Waals surface area (Å²) in [7, 11) is 1.51. The second-order valence-corrected chi connectivity index (χ2v) is 5.44. The molecule has 0 radical (unpaired) electrons. The third kappa shape index (κ3) is 2.93. The SMILES string of the molecule is CCn1ncc(C(=O)NC)c1NC(=O)c1nc2nc(C)cc(C)n2n1. The van der Waals surface area contributed by atoms with Gasteiger partial charge in [-0.15, -0.1) is 5.10 Å². The molecule has 0 aliphatic rings. The molecule has 0 spiro atoms. The molecule has 2 N–H and O–H groups in total. The third-order valence-electron chi connectivity index (χ3n) is 3.66. The average Bonchev–Trinajstić information content (AvgIpc) is 3.18. The smallest absolute Gasteiger partial charge is 0.296 e. The maximum atomic E-state index is 12.6. The fourth-order valence-electron chi connectivity index (χ4n) is 2.48. The number of carbonyl (C=O) groups excluding carboxylic acids is 2. The molecule has 0 saturated heterocycles. The first kappa shape index (κ1) is 16.6. The van der Waals surface area contributed by atoms with Crippen LogP contribution in [0.4, 0.5) is 5.82 Å². The monoisotopic (exact) mass is 342 g/mol. The molecule has 25 heavy (non-hydrogen) atoms. The summed E-state index contributed by atoms with van der Waals surface area (Å²) in [4.78, 5) is 32.9. The van der Waals surface area contributed by atoms with Crippen LogP contribution in [-0.4, -0.2) is 48.2 Å². The van der Waals surface area contributed by atoms with Gasteiger partial charge in [0.1, 0.15) is 11.4 Å². The van der Waals surface area contributed by atoms with Crippen LogP contribution in [0.3, 0.4) is 0 Å². The van der Waals surface area contributed by atoms with Gasteiger partial charge >= 0.3 is 0 Å². The summed E-state index contributed by atoms with van der Waals surface area (Å²) in [5, 5.41) is 13.5. The summed E-state index contributed by atoms with van der Waals surface area (Å²) in [5.41, 5.74) is 1.88. The maximum Gasteiger partial charge on any atom is 0.296 e. The molecule has 10 heteroatoms. The van der Waals surface area contributed by atoms with Crippen molar-refractivity contribution < 1.29 is 9.59 Å². The number of rotatable bonds is 4. The van der Waals surface area contributed by atoms with Crippen molar-refractivity contribution in [2.45, 2.75) is 27.3 Å². The van der Waals surface area contributed by atoms with Gasteiger partial charge in [-0.3, -0.25) is 9.59 Å². The Kier molecular flexibility index (Phi) is 4.17. The number of fused-ring (bicyclic) bond motifs is 1. The highest BCUT2D eigenvalue weighted by molar-refractivity contribution is 6.06. The minimum absolute atomic E-state index is 0.0343. The van der Waals surface area contributed by atoms with Crippen molar-refractivity contribution in [1.82, 2.24) is 34.7 Å². The van der Waals surface area contributed by atoms with Crippen LogP contribution in [0.25, 0.3) is 5.78 Å². The van der Waals surface area contributed by atoms with Gasteiger partial charge < -0.3 is 10.6 Å². The first-order chi connectivity index (χ1) is 11.9. The van der Waals surface area contributed by atoms with Gasteiger partial charge in [0.25, 0.3) is 17.6 Å². The van der Waals surface area contributed by atoms with E-state index >= 15 is 0 Å². The Hall–Kier alpha value is -3.30. The van der Waals surface area contributed by atoms with E-state index in [0.717, 1.165) is 11.4 Å². The molecular weight excluding hydrogens is 324 g/mol.